The van der Waals surface area contributed by atoms with Gasteiger partial charge in [0.05, 0.1) is 0 Å². The fourth-order valence-electron chi connectivity index (χ4n) is 6.13. The molecule has 0 amide bonds. The lowest BCUT2D eigenvalue weighted by Crippen LogP contribution is -2.24. The maximum Gasteiger partial charge on any atom is 0.335 e. The molecule has 0 saturated heterocycles. The number of benzene rings is 2. The highest BCUT2D eigenvalue weighted by atomic mass is 16.5. The second-order valence-electron chi connectivity index (χ2n) is 14.6. The maximum absolute atomic E-state index is 12.8. The first-order valence-corrected chi connectivity index (χ1v) is 16.4. The molecule has 0 aromatic heterocycles. The third-order valence-electron chi connectivity index (χ3n) is 9.83. The molecule has 3 nitrogen and oxygen atoms in total. The molecule has 0 radical (unpaired) electrons. The zero-order valence-electron chi connectivity index (χ0n) is 29.0. The molecule has 2 atom stereocenters. The van der Waals surface area contributed by atoms with E-state index in [0.29, 0.717) is 17.4 Å². The minimum Gasteiger partial charge on any atom is -0.507 e. The third-order valence-corrected chi connectivity index (χ3v) is 9.83. The summed E-state index contributed by atoms with van der Waals surface area (Å²) in [6.07, 6.45) is 8.28. The highest BCUT2D eigenvalue weighted by molar-refractivity contribution is 5.84. The zero-order chi connectivity index (χ0) is 32.0. The SMILES string of the molecule is C=CC(=O)Oc1c(C(C)c2cc(C(C)(C)CCC)cc(CC(C)CC)c2O)cc(C(C)(C)CCC)cc1C(C)(C)CC. The van der Waals surface area contributed by atoms with Crippen LogP contribution in [0.3, 0.4) is 0 Å². The van der Waals surface area contributed by atoms with Crippen LogP contribution in [0.2, 0.25) is 0 Å². The van der Waals surface area contributed by atoms with Gasteiger partial charge < -0.3 is 9.84 Å². The van der Waals surface area contributed by atoms with E-state index in [4.69, 9.17) is 4.74 Å². The molecule has 0 aliphatic heterocycles. The molecule has 2 unspecified atom stereocenters. The first-order chi connectivity index (χ1) is 19.5. The van der Waals surface area contributed by atoms with Gasteiger partial charge in [-0.2, -0.15) is 0 Å². The Balaban J connectivity index is 3.03. The van der Waals surface area contributed by atoms with Crippen molar-refractivity contribution in [3.63, 3.8) is 0 Å². The Morgan fingerprint density at radius 2 is 1.38 bits per heavy atom. The van der Waals surface area contributed by atoms with E-state index in [1.165, 1.54) is 17.2 Å². The molecule has 0 spiro atoms. The minimum atomic E-state index is -0.461. The van der Waals surface area contributed by atoms with Crippen LogP contribution in [0.15, 0.2) is 36.9 Å². The van der Waals surface area contributed by atoms with Crippen molar-refractivity contribution in [1.82, 2.24) is 0 Å². The molecule has 2 rings (SSSR count). The van der Waals surface area contributed by atoms with Gasteiger partial charge in [0, 0.05) is 28.7 Å². The lowest BCUT2D eigenvalue weighted by Gasteiger charge is -2.34. The lowest BCUT2D eigenvalue weighted by molar-refractivity contribution is -0.129. The molecular formula is C39H60O3. The Kier molecular flexibility index (Phi) is 12.1. The summed E-state index contributed by atoms with van der Waals surface area (Å²) in [5.41, 5.74) is 6.07. The number of phenolic OH excluding ortho intramolecular Hbond substituents is 1. The van der Waals surface area contributed by atoms with E-state index in [9.17, 15) is 9.90 Å². The Bertz CT molecular complexity index is 1230. The highest BCUT2D eigenvalue weighted by Gasteiger charge is 2.33. The van der Waals surface area contributed by atoms with Crippen LogP contribution in [0.1, 0.15) is 161 Å². The van der Waals surface area contributed by atoms with Crippen LogP contribution in [-0.2, 0) is 27.5 Å². The number of carbonyl (C=O) groups is 1. The number of hydrogen-bond acceptors (Lipinski definition) is 3. The Morgan fingerprint density at radius 3 is 1.86 bits per heavy atom. The summed E-state index contributed by atoms with van der Waals surface area (Å²) < 4.78 is 6.13. The molecule has 3 heteroatoms. The maximum atomic E-state index is 12.8. The topological polar surface area (TPSA) is 46.5 Å². The fourth-order valence-corrected chi connectivity index (χ4v) is 6.13. The van der Waals surface area contributed by atoms with Gasteiger partial charge in [0.2, 0.25) is 0 Å². The Morgan fingerprint density at radius 1 is 0.857 bits per heavy atom. The summed E-state index contributed by atoms with van der Waals surface area (Å²) in [5.74, 6) is 0.778. The standard InChI is InChI=1S/C39H60O3/c1-14-19-38(10,11)29-22-28(21-26(6)16-3)35(41)31(23-29)27(7)32-24-30(39(12,13)20-15-2)25-33(37(8,9)18-5)36(32)42-34(40)17-4/h17,22-27,41H,4,14-16,18-21H2,1-3,5-13H3. The third kappa shape index (κ3) is 8.08. The monoisotopic (exact) mass is 576 g/mol. The van der Waals surface area contributed by atoms with Gasteiger partial charge in [0.15, 0.2) is 0 Å². The molecule has 0 aliphatic carbocycles. The van der Waals surface area contributed by atoms with E-state index >= 15 is 0 Å². The summed E-state index contributed by atoms with van der Waals surface area (Å²) in [7, 11) is 0. The van der Waals surface area contributed by atoms with Gasteiger partial charge in [-0.25, -0.2) is 4.79 Å². The molecule has 234 valence electrons. The molecular weight excluding hydrogens is 516 g/mol. The molecule has 0 heterocycles. The molecule has 42 heavy (non-hydrogen) atoms. The fraction of sp³-hybridized carbons (Fsp3) is 0.615. The second-order valence-corrected chi connectivity index (χ2v) is 14.6. The van der Waals surface area contributed by atoms with Crippen molar-refractivity contribution in [2.45, 2.75) is 150 Å². The second kappa shape index (κ2) is 14.3. The number of rotatable bonds is 15. The van der Waals surface area contributed by atoms with Crippen LogP contribution < -0.4 is 4.74 Å². The molecule has 2 aromatic rings. The van der Waals surface area contributed by atoms with E-state index in [-0.39, 0.29) is 22.2 Å². The van der Waals surface area contributed by atoms with E-state index in [0.717, 1.165) is 67.2 Å². The Hall–Kier alpha value is -2.55. The quantitative estimate of drug-likeness (QED) is 0.130. The van der Waals surface area contributed by atoms with Gasteiger partial charge in [-0.3, -0.25) is 0 Å². The predicted octanol–water partition coefficient (Wildman–Crippen LogP) is 11.1. The number of hydrogen-bond donors (Lipinski definition) is 1. The van der Waals surface area contributed by atoms with Crippen LogP contribution in [0, 0.1) is 5.92 Å². The summed E-state index contributed by atoms with van der Waals surface area (Å²) in [4.78, 5) is 12.8. The molecule has 0 aliphatic rings. The van der Waals surface area contributed by atoms with E-state index < -0.39 is 5.97 Å². The number of carbonyl (C=O) groups excluding carboxylic acids is 1. The van der Waals surface area contributed by atoms with Crippen molar-refractivity contribution in [3.05, 3.63) is 70.3 Å². The first-order valence-electron chi connectivity index (χ1n) is 16.4. The largest absolute Gasteiger partial charge is 0.507 e. The Labute approximate surface area is 258 Å². The highest BCUT2D eigenvalue weighted by Crippen LogP contribution is 2.47. The van der Waals surface area contributed by atoms with Gasteiger partial charge in [-0.1, -0.05) is 133 Å². The van der Waals surface area contributed by atoms with Crippen LogP contribution in [0.25, 0.3) is 0 Å². The van der Waals surface area contributed by atoms with E-state index in [2.05, 4.69) is 114 Å². The summed E-state index contributed by atoms with van der Waals surface area (Å²) in [6.45, 7) is 30.6. The van der Waals surface area contributed by atoms with Crippen LogP contribution in [0.5, 0.6) is 11.5 Å². The van der Waals surface area contributed by atoms with Crippen molar-refractivity contribution in [3.8, 4) is 11.5 Å². The van der Waals surface area contributed by atoms with E-state index in [1.54, 1.807) is 0 Å². The van der Waals surface area contributed by atoms with Crippen LogP contribution in [-0.4, -0.2) is 11.1 Å². The first kappa shape index (κ1) is 35.6. The van der Waals surface area contributed by atoms with Crippen molar-refractivity contribution < 1.29 is 14.6 Å². The van der Waals surface area contributed by atoms with Gasteiger partial charge in [0.25, 0.3) is 0 Å². The zero-order valence-corrected chi connectivity index (χ0v) is 29.0. The number of ether oxygens (including phenoxy) is 1. The molecule has 0 fully saturated rings. The molecule has 2 aromatic carbocycles. The molecule has 1 N–H and O–H groups in total. The predicted molar refractivity (Wildman–Crippen MR) is 180 cm³/mol. The van der Waals surface area contributed by atoms with Crippen molar-refractivity contribution >= 4 is 5.97 Å². The number of phenols is 1. The van der Waals surface area contributed by atoms with Crippen LogP contribution in [0.4, 0.5) is 0 Å². The van der Waals surface area contributed by atoms with Gasteiger partial charge >= 0.3 is 5.97 Å². The summed E-state index contributed by atoms with van der Waals surface area (Å²) in [6, 6.07) is 8.94. The average Bonchev–Trinajstić information content (AvgIpc) is 2.93. The van der Waals surface area contributed by atoms with Gasteiger partial charge in [0.1, 0.15) is 11.5 Å². The number of esters is 1. The summed E-state index contributed by atoms with van der Waals surface area (Å²) in [5, 5.41) is 11.9. The summed E-state index contributed by atoms with van der Waals surface area (Å²) >= 11 is 0. The number of aromatic hydroxyl groups is 1. The molecule has 0 saturated carbocycles. The molecule has 0 bridgehead atoms. The van der Waals surface area contributed by atoms with Gasteiger partial charge in [-0.05, 0) is 64.5 Å². The van der Waals surface area contributed by atoms with E-state index in [1.807, 2.05) is 0 Å². The lowest BCUT2D eigenvalue weighted by atomic mass is 9.72. The van der Waals surface area contributed by atoms with Crippen molar-refractivity contribution in [2.75, 3.05) is 0 Å². The van der Waals surface area contributed by atoms with Crippen molar-refractivity contribution in [1.29, 1.82) is 0 Å². The van der Waals surface area contributed by atoms with Crippen LogP contribution >= 0.6 is 0 Å². The minimum absolute atomic E-state index is 0.0282. The normalized spacial score (nSPS) is 14.0. The van der Waals surface area contributed by atoms with Gasteiger partial charge in [-0.15, -0.1) is 0 Å². The van der Waals surface area contributed by atoms with Crippen molar-refractivity contribution in [2.24, 2.45) is 5.92 Å². The smallest absolute Gasteiger partial charge is 0.335 e. The average molecular weight is 577 g/mol.